The van der Waals surface area contributed by atoms with Crippen molar-refractivity contribution in [1.29, 1.82) is 0 Å². The lowest BCUT2D eigenvalue weighted by atomic mass is 10.1. The highest BCUT2D eigenvalue weighted by Crippen LogP contribution is 2.32. The van der Waals surface area contributed by atoms with Gasteiger partial charge in [-0.3, -0.25) is 14.5 Å². The summed E-state index contributed by atoms with van der Waals surface area (Å²) in [5.41, 5.74) is 0.842. The minimum atomic E-state index is -0.885. The number of carbonyl (C=O) groups is 3. The summed E-state index contributed by atoms with van der Waals surface area (Å²) in [5, 5.41) is 5.26. The number of hydrogen-bond acceptors (Lipinski definition) is 6. The fourth-order valence-electron chi connectivity index (χ4n) is 2.93. The van der Waals surface area contributed by atoms with Gasteiger partial charge in [-0.05, 0) is 29.8 Å². The first-order valence-corrected chi connectivity index (χ1v) is 8.39. The van der Waals surface area contributed by atoms with E-state index in [2.05, 4.69) is 10.6 Å². The number of benzene rings is 1. The van der Waals surface area contributed by atoms with Gasteiger partial charge in [-0.2, -0.15) is 0 Å². The third kappa shape index (κ3) is 3.57. The molecule has 9 heteroatoms. The van der Waals surface area contributed by atoms with Crippen molar-refractivity contribution >= 4 is 17.8 Å². The summed E-state index contributed by atoms with van der Waals surface area (Å²) in [6.07, 6.45) is 1.33. The van der Waals surface area contributed by atoms with Crippen LogP contribution < -0.4 is 20.1 Å². The van der Waals surface area contributed by atoms with Gasteiger partial charge in [0.2, 0.25) is 12.7 Å². The number of hydrogen-bond donors (Lipinski definition) is 2. The molecule has 0 aliphatic carbocycles. The largest absolute Gasteiger partial charge is 0.467 e. The molecule has 0 unspecified atom stereocenters. The molecular formula is C18H17N3O6. The number of ether oxygens (including phenoxy) is 2. The van der Waals surface area contributed by atoms with Crippen molar-refractivity contribution in [2.45, 2.75) is 25.6 Å². The van der Waals surface area contributed by atoms with E-state index in [1.54, 1.807) is 24.3 Å². The van der Waals surface area contributed by atoms with Gasteiger partial charge in [0.1, 0.15) is 11.8 Å². The topological polar surface area (TPSA) is 110 Å². The SMILES string of the molecule is O=C(C[C@@H]1NC(=O)N(Cc2ccco2)C1=O)NCc1ccc2c(c1)OCO2. The lowest BCUT2D eigenvalue weighted by Crippen LogP contribution is -2.36. The molecule has 2 N–H and O–H groups in total. The molecule has 2 aliphatic heterocycles. The number of nitrogens with zero attached hydrogens (tertiary/aromatic N) is 1. The van der Waals surface area contributed by atoms with Gasteiger partial charge in [0, 0.05) is 6.54 Å². The summed E-state index contributed by atoms with van der Waals surface area (Å²) in [5.74, 6) is 1.00. The van der Waals surface area contributed by atoms with Crippen molar-refractivity contribution in [2.75, 3.05) is 6.79 Å². The van der Waals surface area contributed by atoms with E-state index in [0.717, 1.165) is 10.5 Å². The molecule has 4 rings (SSSR count). The van der Waals surface area contributed by atoms with Crippen molar-refractivity contribution in [3.05, 3.63) is 47.9 Å². The predicted octanol–water partition coefficient (Wildman–Crippen LogP) is 1.14. The van der Waals surface area contributed by atoms with Gasteiger partial charge in [0.25, 0.3) is 5.91 Å². The highest BCUT2D eigenvalue weighted by molar-refractivity contribution is 6.05. The van der Waals surface area contributed by atoms with E-state index < -0.39 is 18.0 Å². The quantitative estimate of drug-likeness (QED) is 0.737. The van der Waals surface area contributed by atoms with Crippen molar-refractivity contribution in [2.24, 2.45) is 0 Å². The summed E-state index contributed by atoms with van der Waals surface area (Å²) in [4.78, 5) is 37.6. The van der Waals surface area contributed by atoms with Gasteiger partial charge < -0.3 is 24.5 Å². The molecule has 0 radical (unpaired) electrons. The summed E-state index contributed by atoms with van der Waals surface area (Å²) in [6.45, 7) is 0.497. The number of amides is 4. The van der Waals surface area contributed by atoms with Crippen molar-refractivity contribution in [1.82, 2.24) is 15.5 Å². The fourth-order valence-corrected chi connectivity index (χ4v) is 2.93. The number of urea groups is 1. The fraction of sp³-hybridized carbons (Fsp3) is 0.278. The lowest BCUT2D eigenvalue weighted by Gasteiger charge is -2.11. The molecule has 3 heterocycles. The molecule has 2 aliphatic rings. The van der Waals surface area contributed by atoms with Crippen LogP contribution in [0.15, 0.2) is 41.0 Å². The van der Waals surface area contributed by atoms with E-state index in [-0.39, 0.29) is 32.2 Å². The van der Waals surface area contributed by atoms with Gasteiger partial charge in [-0.25, -0.2) is 4.79 Å². The summed E-state index contributed by atoms with van der Waals surface area (Å²) < 4.78 is 15.7. The van der Waals surface area contributed by atoms with E-state index >= 15 is 0 Å². The van der Waals surface area contributed by atoms with E-state index in [0.29, 0.717) is 17.3 Å². The number of carbonyl (C=O) groups excluding carboxylic acids is 3. The molecule has 140 valence electrons. The van der Waals surface area contributed by atoms with Crippen LogP contribution in [0.3, 0.4) is 0 Å². The van der Waals surface area contributed by atoms with E-state index in [1.807, 2.05) is 6.07 Å². The Hall–Kier alpha value is -3.49. The van der Waals surface area contributed by atoms with Crippen LogP contribution in [0.25, 0.3) is 0 Å². The Kier molecular flexibility index (Phi) is 4.41. The Balaban J connectivity index is 1.30. The number of furan rings is 1. The monoisotopic (exact) mass is 371 g/mol. The average Bonchev–Trinajstić information content (AvgIpc) is 3.38. The van der Waals surface area contributed by atoms with E-state index in [9.17, 15) is 14.4 Å². The second-order valence-corrected chi connectivity index (χ2v) is 6.17. The Bertz CT molecular complexity index is 879. The van der Waals surface area contributed by atoms with Gasteiger partial charge in [0.05, 0.1) is 19.2 Å². The van der Waals surface area contributed by atoms with Crippen LogP contribution in [-0.4, -0.2) is 35.6 Å². The lowest BCUT2D eigenvalue weighted by molar-refractivity contribution is -0.131. The first-order chi connectivity index (χ1) is 13.1. The molecule has 1 saturated heterocycles. The molecule has 9 nitrogen and oxygen atoms in total. The summed E-state index contributed by atoms with van der Waals surface area (Å²) >= 11 is 0. The van der Waals surface area contributed by atoms with Gasteiger partial charge in [0.15, 0.2) is 11.5 Å². The van der Waals surface area contributed by atoms with Crippen LogP contribution >= 0.6 is 0 Å². The maximum Gasteiger partial charge on any atom is 0.325 e. The smallest absolute Gasteiger partial charge is 0.325 e. The third-order valence-electron chi connectivity index (χ3n) is 4.32. The second-order valence-electron chi connectivity index (χ2n) is 6.17. The van der Waals surface area contributed by atoms with Crippen molar-refractivity contribution in [3.63, 3.8) is 0 Å². The number of imide groups is 1. The molecular weight excluding hydrogens is 354 g/mol. The summed E-state index contributed by atoms with van der Waals surface area (Å²) in [7, 11) is 0. The van der Waals surface area contributed by atoms with Gasteiger partial charge in [-0.1, -0.05) is 6.07 Å². The van der Waals surface area contributed by atoms with E-state index in [1.165, 1.54) is 6.26 Å². The molecule has 0 bridgehead atoms. The first-order valence-electron chi connectivity index (χ1n) is 8.39. The Morgan fingerprint density at radius 2 is 2.07 bits per heavy atom. The number of fused-ring (bicyclic) bond motifs is 1. The molecule has 1 aromatic carbocycles. The molecule has 4 amide bonds. The molecule has 27 heavy (non-hydrogen) atoms. The maximum absolute atomic E-state index is 12.4. The number of rotatable bonds is 6. The Morgan fingerprint density at radius 3 is 2.89 bits per heavy atom. The predicted molar refractivity (Wildman–Crippen MR) is 90.6 cm³/mol. The zero-order chi connectivity index (χ0) is 18.8. The Labute approximate surface area is 154 Å². The zero-order valence-corrected chi connectivity index (χ0v) is 14.3. The zero-order valence-electron chi connectivity index (χ0n) is 14.3. The standard InChI is InChI=1S/C18H17N3O6/c22-16(19-8-11-3-4-14-15(6-11)27-10-26-14)7-13-17(23)21(18(24)20-13)9-12-2-1-5-25-12/h1-6,13H,7-10H2,(H,19,22)(H,20,24)/t13-/m0/s1. The van der Waals surface area contributed by atoms with Crippen LogP contribution in [0.5, 0.6) is 11.5 Å². The molecule has 0 saturated carbocycles. The highest BCUT2D eigenvalue weighted by atomic mass is 16.7. The Morgan fingerprint density at radius 1 is 1.22 bits per heavy atom. The van der Waals surface area contributed by atoms with Gasteiger partial charge >= 0.3 is 6.03 Å². The van der Waals surface area contributed by atoms with Crippen LogP contribution in [-0.2, 0) is 22.7 Å². The second kappa shape index (κ2) is 7.02. The molecule has 2 aromatic rings. The van der Waals surface area contributed by atoms with Crippen molar-refractivity contribution < 1.29 is 28.3 Å². The van der Waals surface area contributed by atoms with Crippen LogP contribution in [0.1, 0.15) is 17.7 Å². The maximum atomic E-state index is 12.4. The van der Waals surface area contributed by atoms with Crippen molar-refractivity contribution in [3.8, 4) is 11.5 Å². The molecule has 1 fully saturated rings. The van der Waals surface area contributed by atoms with Crippen LogP contribution in [0, 0.1) is 0 Å². The minimum Gasteiger partial charge on any atom is -0.467 e. The first kappa shape index (κ1) is 17.0. The van der Waals surface area contributed by atoms with E-state index in [4.69, 9.17) is 13.9 Å². The number of nitrogens with one attached hydrogen (secondary N) is 2. The summed E-state index contributed by atoms with van der Waals surface area (Å²) in [6, 6.07) is 7.31. The average molecular weight is 371 g/mol. The van der Waals surface area contributed by atoms with Crippen LogP contribution in [0.2, 0.25) is 0 Å². The normalized spacial score (nSPS) is 17.9. The third-order valence-corrected chi connectivity index (χ3v) is 4.32. The molecule has 1 atom stereocenters. The van der Waals surface area contributed by atoms with Gasteiger partial charge in [-0.15, -0.1) is 0 Å². The minimum absolute atomic E-state index is 0.0347. The molecule has 0 spiro atoms. The molecule has 1 aromatic heterocycles. The highest BCUT2D eigenvalue weighted by Gasteiger charge is 2.39. The van der Waals surface area contributed by atoms with Crippen LogP contribution in [0.4, 0.5) is 4.79 Å².